The molecule has 3 aromatic heterocycles. The van der Waals surface area contributed by atoms with Gasteiger partial charge in [0.1, 0.15) is 0 Å². The summed E-state index contributed by atoms with van der Waals surface area (Å²) in [5, 5.41) is 7.42. The Kier molecular flexibility index (Phi) is 6.02. The molecule has 0 unspecified atom stereocenters. The van der Waals surface area contributed by atoms with E-state index < -0.39 is 0 Å². The van der Waals surface area contributed by atoms with Crippen molar-refractivity contribution in [1.29, 1.82) is 0 Å². The predicted octanol–water partition coefficient (Wildman–Crippen LogP) is 12.8. The van der Waals surface area contributed by atoms with Gasteiger partial charge in [-0.15, -0.1) is 0 Å². The number of hydrogen-bond acceptors (Lipinski definition) is 2. The SMILES string of the molecule is c1cc(-c2nc(-c3cccc(-n4c5ccccc5c5ccccc54)c3)c3c(n2)-c2cccc4cccc-3c24)cc(-n2c3ccccc3c3ccccc32)c1. The van der Waals surface area contributed by atoms with Crippen LogP contribution in [0.25, 0.3) is 111 Å². The first-order chi connectivity index (χ1) is 26.8. The molecule has 1 aliphatic rings. The standard InChI is InChI=1S/C50H30N4/c1-5-25-42-36(19-1)37-20-2-6-26-43(37)53(42)34-17-9-15-32(29-34)48-47-40-23-11-13-31-14-12-24-41(46(31)40)49(47)52-50(51-48)33-16-10-18-35(30-33)54-44-27-7-3-21-38(44)39-22-4-8-28-45(39)54/h1-30H. The second-order valence-corrected chi connectivity index (χ2v) is 14.2. The third-order valence-electron chi connectivity index (χ3n) is 11.2. The molecule has 0 fully saturated rings. The maximum absolute atomic E-state index is 5.52. The van der Waals surface area contributed by atoms with E-state index in [0.29, 0.717) is 5.82 Å². The number of rotatable bonds is 4. The van der Waals surface area contributed by atoms with Gasteiger partial charge in [0.25, 0.3) is 0 Å². The van der Waals surface area contributed by atoms with Gasteiger partial charge in [0.05, 0.1) is 33.5 Å². The predicted molar refractivity (Wildman–Crippen MR) is 224 cm³/mol. The molecule has 0 saturated heterocycles. The zero-order valence-electron chi connectivity index (χ0n) is 29.1. The molecule has 0 saturated carbocycles. The molecule has 3 heterocycles. The van der Waals surface area contributed by atoms with Gasteiger partial charge in [-0.3, -0.25) is 0 Å². The minimum Gasteiger partial charge on any atom is -0.309 e. The van der Waals surface area contributed by atoms with Gasteiger partial charge in [-0.2, -0.15) is 0 Å². The van der Waals surface area contributed by atoms with Crippen molar-refractivity contribution < 1.29 is 0 Å². The summed E-state index contributed by atoms with van der Waals surface area (Å²) in [5.41, 5.74) is 14.3. The van der Waals surface area contributed by atoms with Crippen LogP contribution in [-0.2, 0) is 0 Å². The summed E-state index contributed by atoms with van der Waals surface area (Å²) < 4.78 is 4.73. The van der Waals surface area contributed by atoms with Crippen LogP contribution in [0.3, 0.4) is 0 Å². The maximum Gasteiger partial charge on any atom is 0.160 e. The van der Waals surface area contributed by atoms with E-state index in [4.69, 9.17) is 9.97 Å². The van der Waals surface area contributed by atoms with E-state index in [1.165, 1.54) is 59.9 Å². The van der Waals surface area contributed by atoms with Crippen LogP contribution in [0, 0.1) is 0 Å². The number of nitrogens with zero attached hydrogens (tertiary/aromatic N) is 4. The quantitative estimate of drug-likeness (QED) is 0.185. The molecule has 0 radical (unpaired) electrons. The number of hydrogen-bond donors (Lipinski definition) is 0. The average Bonchev–Trinajstić information content (AvgIpc) is 3.88. The number of para-hydroxylation sites is 4. The van der Waals surface area contributed by atoms with Gasteiger partial charge < -0.3 is 9.13 Å². The summed E-state index contributed by atoms with van der Waals surface area (Å²) in [6.45, 7) is 0. The third-order valence-corrected chi connectivity index (χ3v) is 11.2. The molecule has 4 heteroatoms. The molecule has 0 spiro atoms. The average molecular weight is 687 g/mol. The highest BCUT2D eigenvalue weighted by Crippen LogP contribution is 2.50. The zero-order valence-corrected chi connectivity index (χ0v) is 29.1. The lowest BCUT2D eigenvalue weighted by molar-refractivity contribution is 1.16. The van der Waals surface area contributed by atoms with Gasteiger partial charge >= 0.3 is 0 Å². The summed E-state index contributed by atoms with van der Waals surface area (Å²) in [5.74, 6) is 0.707. The van der Waals surface area contributed by atoms with Gasteiger partial charge in [-0.05, 0) is 64.9 Å². The fraction of sp³-hybridized carbons (Fsp3) is 0. The highest BCUT2D eigenvalue weighted by atomic mass is 15.0. The summed E-state index contributed by atoms with van der Waals surface area (Å²) in [6.07, 6.45) is 0. The van der Waals surface area contributed by atoms with Crippen molar-refractivity contribution in [3.8, 4) is 56.4 Å². The summed E-state index contributed by atoms with van der Waals surface area (Å²) in [6, 6.07) is 65.3. The third kappa shape index (κ3) is 4.08. The normalized spacial score (nSPS) is 12.1. The molecular formula is C50H30N4. The van der Waals surface area contributed by atoms with E-state index in [2.05, 4.69) is 191 Å². The van der Waals surface area contributed by atoms with Gasteiger partial charge in [0.2, 0.25) is 0 Å². The lowest BCUT2D eigenvalue weighted by atomic mass is 9.99. The van der Waals surface area contributed by atoms with Crippen LogP contribution in [0.5, 0.6) is 0 Å². The van der Waals surface area contributed by atoms with Gasteiger partial charge in [0, 0.05) is 55.2 Å². The highest BCUT2D eigenvalue weighted by molar-refractivity contribution is 6.17. The van der Waals surface area contributed by atoms with E-state index in [-0.39, 0.29) is 0 Å². The lowest BCUT2D eigenvalue weighted by Crippen LogP contribution is -2.00. The maximum atomic E-state index is 5.52. The molecule has 0 N–H and O–H groups in total. The molecule has 12 rings (SSSR count). The van der Waals surface area contributed by atoms with Crippen molar-refractivity contribution in [3.63, 3.8) is 0 Å². The van der Waals surface area contributed by atoms with Crippen LogP contribution in [0.15, 0.2) is 182 Å². The van der Waals surface area contributed by atoms with Crippen molar-refractivity contribution in [3.05, 3.63) is 182 Å². The first-order valence-electron chi connectivity index (χ1n) is 18.4. The largest absolute Gasteiger partial charge is 0.309 e. The van der Waals surface area contributed by atoms with Crippen LogP contribution in [0.2, 0.25) is 0 Å². The van der Waals surface area contributed by atoms with Crippen LogP contribution in [0.4, 0.5) is 0 Å². The number of aromatic nitrogens is 4. The number of fused-ring (bicyclic) bond motifs is 9. The molecule has 250 valence electrons. The Morgan fingerprint density at radius 3 is 1.35 bits per heavy atom. The molecule has 0 amide bonds. The molecular weight excluding hydrogens is 657 g/mol. The van der Waals surface area contributed by atoms with Crippen LogP contribution in [0.1, 0.15) is 0 Å². The molecule has 0 aliphatic heterocycles. The van der Waals surface area contributed by atoms with E-state index in [1.807, 2.05) is 0 Å². The van der Waals surface area contributed by atoms with E-state index in [1.54, 1.807) is 0 Å². The topological polar surface area (TPSA) is 35.6 Å². The molecule has 0 atom stereocenters. The molecule has 0 bridgehead atoms. The second kappa shape index (κ2) is 11.1. The first-order valence-corrected chi connectivity index (χ1v) is 18.4. The Morgan fingerprint density at radius 1 is 0.352 bits per heavy atom. The van der Waals surface area contributed by atoms with Crippen LogP contribution >= 0.6 is 0 Å². The monoisotopic (exact) mass is 686 g/mol. The smallest absolute Gasteiger partial charge is 0.160 e. The lowest BCUT2D eigenvalue weighted by Gasteiger charge is -2.15. The van der Waals surface area contributed by atoms with Gasteiger partial charge in [-0.25, -0.2) is 9.97 Å². The van der Waals surface area contributed by atoms with Crippen LogP contribution in [-0.4, -0.2) is 19.1 Å². The van der Waals surface area contributed by atoms with Crippen molar-refractivity contribution in [1.82, 2.24) is 19.1 Å². The highest BCUT2D eigenvalue weighted by Gasteiger charge is 2.28. The van der Waals surface area contributed by atoms with Gasteiger partial charge in [-0.1, -0.05) is 133 Å². The Morgan fingerprint density at radius 2 is 0.796 bits per heavy atom. The Labute approximate surface area is 310 Å². The second-order valence-electron chi connectivity index (χ2n) is 14.2. The first kappa shape index (κ1) is 29.3. The Bertz CT molecular complexity index is 3230. The fourth-order valence-corrected chi connectivity index (χ4v) is 8.97. The molecule has 8 aromatic carbocycles. The van der Waals surface area contributed by atoms with E-state index in [0.717, 1.165) is 45.0 Å². The number of benzene rings is 8. The van der Waals surface area contributed by atoms with Gasteiger partial charge in [0.15, 0.2) is 5.82 Å². The summed E-state index contributed by atoms with van der Waals surface area (Å²) in [7, 11) is 0. The Hall–Kier alpha value is -7.30. The Balaban J connectivity index is 1.10. The van der Waals surface area contributed by atoms with Crippen molar-refractivity contribution >= 4 is 54.4 Å². The molecule has 11 aromatic rings. The van der Waals surface area contributed by atoms with Crippen LogP contribution < -0.4 is 0 Å². The zero-order chi connectivity index (χ0) is 35.3. The fourth-order valence-electron chi connectivity index (χ4n) is 8.97. The van der Waals surface area contributed by atoms with Crippen molar-refractivity contribution in [2.45, 2.75) is 0 Å². The van der Waals surface area contributed by atoms with Crippen molar-refractivity contribution in [2.24, 2.45) is 0 Å². The minimum atomic E-state index is 0.707. The summed E-state index contributed by atoms with van der Waals surface area (Å²) in [4.78, 5) is 10.9. The molecule has 1 aliphatic carbocycles. The van der Waals surface area contributed by atoms with Crippen molar-refractivity contribution in [2.75, 3.05) is 0 Å². The minimum absolute atomic E-state index is 0.707. The van der Waals surface area contributed by atoms with E-state index >= 15 is 0 Å². The molecule has 54 heavy (non-hydrogen) atoms. The van der Waals surface area contributed by atoms with E-state index in [9.17, 15) is 0 Å². The molecule has 4 nitrogen and oxygen atoms in total. The summed E-state index contributed by atoms with van der Waals surface area (Å²) >= 11 is 0.